The number of aliphatic hydroxyl groups is 5. The quantitative estimate of drug-likeness (QED) is 0.134. The predicted molar refractivity (Wildman–Crippen MR) is 171 cm³/mol. The zero-order valence-corrected chi connectivity index (χ0v) is 28.0. The minimum Gasteiger partial charge on any atom is -0.481 e. The standard InChI is InChI=1S/C35H60O8/c1-11-21(2)18-34(9)19-26(7)32(40)35(10,43-34)20-25(6)31(39)24(5)14-16-29(37)22(3)12-15-28(36)23(4)13-17-30(38)27(8)33(41)42/h12-17,20-24,26-32,36-40H,11,18-19H2,1-10H3,(H,41,42)/b15-12+,16-14+,17-13+,25-20+/t21?,22?,23?,24?,26-,27?,28?,29?,30?,31?,32+,34+,35-/m0/s1. The van der Waals surface area contributed by atoms with Crippen LogP contribution in [0.4, 0.5) is 0 Å². The Morgan fingerprint density at radius 2 is 1.33 bits per heavy atom. The van der Waals surface area contributed by atoms with E-state index in [0.717, 1.165) is 19.3 Å². The van der Waals surface area contributed by atoms with E-state index in [0.29, 0.717) is 11.5 Å². The van der Waals surface area contributed by atoms with E-state index in [1.165, 1.54) is 13.0 Å². The molecule has 1 fully saturated rings. The van der Waals surface area contributed by atoms with Crippen molar-refractivity contribution in [1.82, 2.24) is 0 Å². The number of carbonyl (C=O) groups is 1. The van der Waals surface area contributed by atoms with E-state index in [1.807, 2.05) is 40.7 Å². The molecule has 9 unspecified atom stereocenters. The Morgan fingerprint density at radius 1 is 0.860 bits per heavy atom. The van der Waals surface area contributed by atoms with E-state index in [9.17, 15) is 30.3 Å². The maximum Gasteiger partial charge on any atom is 0.309 e. The maximum atomic E-state index is 11.1. The Labute approximate surface area is 259 Å². The fourth-order valence-electron chi connectivity index (χ4n) is 5.93. The van der Waals surface area contributed by atoms with Crippen LogP contribution >= 0.6 is 0 Å². The number of carboxylic acid groups (broad SMARTS) is 1. The fourth-order valence-corrected chi connectivity index (χ4v) is 5.93. The molecule has 8 heteroatoms. The van der Waals surface area contributed by atoms with E-state index in [4.69, 9.17) is 9.84 Å². The third-order valence-corrected chi connectivity index (χ3v) is 9.12. The minimum absolute atomic E-state index is 0.0424. The number of carboxylic acids is 1. The summed E-state index contributed by atoms with van der Waals surface area (Å²) in [7, 11) is 0. The van der Waals surface area contributed by atoms with Crippen molar-refractivity contribution < 1.29 is 40.2 Å². The second-order valence-electron chi connectivity index (χ2n) is 13.7. The van der Waals surface area contributed by atoms with Crippen molar-refractivity contribution in [1.29, 1.82) is 0 Å². The smallest absolute Gasteiger partial charge is 0.309 e. The summed E-state index contributed by atoms with van der Waals surface area (Å²) in [6, 6.07) is 0. The van der Waals surface area contributed by atoms with Gasteiger partial charge in [-0.05, 0) is 64.0 Å². The maximum absolute atomic E-state index is 11.1. The monoisotopic (exact) mass is 608 g/mol. The van der Waals surface area contributed by atoms with Crippen LogP contribution in [0, 0.1) is 35.5 Å². The molecule has 0 bridgehead atoms. The van der Waals surface area contributed by atoms with Crippen LogP contribution in [0.1, 0.15) is 88.5 Å². The van der Waals surface area contributed by atoms with E-state index in [-0.39, 0.29) is 29.3 Å². The first-order chi connectivity index (χ1) is 19.8. The molecule has 1 saturated heterocycles. The second kappa shape index (κ2) is 17.0. The lowest BCUT2D eigenvalue weighted by Gasteiger charge is -2.51. The van der Waals surface area contributed by atoms with E-state index in [2.05, 4.69) is 20.8 Å². The van der Waals surface area contributed by atoms with E-state index >= 15 is 0 Å². The first kappa shape index (κ1) is 39.2. The molecule has 0 radical (unpaired) electrons. The van der Waals surface area contributed by atoms with Crippen LogP contribution in [-0.2, 0) is 9.53 Å². The van der Waals surface area contributed by atoms with Gasteiger partial charge in [0, 0.05) is 17.8 Å². The summed E-state index contributed by atoms with van der Waals surface area (Å²) in [5.41, 5.74) is -0.618. The third kappa shape index (κ3) is 11.9. The van der Waals surface area contributed by atoms with Gasteiger partial charge < -0.3 is 35.4 Å². The molecular formula is C35H60O8. The summed E-state index contributed by atoms with van der Waals surface area (Å²) in [4.78, 5) is 11.0. The van der Waals surface area contributed by atoms with Crippen LogP contribution in [0.25, 0.3) is 0 Å². The molecule has 1 rings (SSSR count). The van der Waals surface area contributed by atoms with Gasteiger partial charge in [-0.2, -0.15) is 0 Å². The molecule has 0 saturated carbocycles. The molecule has 0 spiro atoms. The van der Waals surface area contributed by atoms with Crippen molar-refractivity contribution in [2.24, 2.45) is 35.5 Å². The number of aliphatic carboxylic acids is 1. The summed E-state index contributed by atoms with van der Waals surface area (Å²) in [5, 5.41) is 62.2. The first-order valence-electron chi connectivity index (χ1n) is 15.8. The van der Waals surface area contributed by atoms with Crippen molar-refractivity contribution in [2.45, 2.75) is 130 Å². The number of hydrogen-bond donors (Lipinski definition) is 6. The van der Waals surface area contributed by atoms with Gasteiger partial charge in [0.1, 0.15) is 5.60 Å². The first-order valence-corrected chi connectivity index (χ1v) is 15.8. The zero-order chi connectivity index (χ0) is 33.3. The van der Waals surface area contributed by atoms with Gasteiger partial charge in [0.05, 0.1) is 42.0 Å². The Kier molecular flexibility index (Phi) is 15.5. The topological polar surface area (TPSA) is 148 Å². The number of rotatable bonds is 16. The Balaban J connectivity index is 2.86. The molecule has 8 nitrogen and oxygen atoms in total. The van der Waals surface area contributed by atoms with Crippen LogP contribution < -0.4 is 0 Å². The second-order valence-corrected chi connectivity index (χ2v) is 13.7. The summed E-state index contributed by atoms with van der Waals surface area (Å²) >= 11 is 0. The van der Waals surface area contributed by atoms with Gasteiger partial charge in [0.25, 0.3) is 0 Å². The molecule has 43 heavy (non-hydrogen) atoms. The lowest BCUT2D eigenvalue weighted by Crippen LogP contribution is -2.57. The van der Waals surface area contributed by atoms with E-state index in [1.54, 1.807) is 37.3 Å². The number of ether oxygens (including phenoxy) is 1. The van der Waals surface area contributed by atoms with Gasteiger partial charge in [-0.25, -0.2) is 0 Å². The number of hydrogen-bond acceptors (Lipinski definition) is 7. The largest absolute Gasteiger partial charge is 0.481 e. The molecule has 0 aromatic carbocycles. The Morgan fingerprint density at radius 3 is 1.79 bits per heavy atom. The summed E-state index contributed by atoms with van der Waals surface area (Å²) in [5.74, 6) is -2.52. The van der Waals surface area contributed by atoms with Gasteiger partial charge >= 0.3 is 5.97 Å². The molecule has 6 N–H and O–H groups in total. The summed E-state index contributed by atoms with van der Waals surface area (Å²) in [6.07, 6.45) is 9.77. The van der Waals surface area contributed by atoms with Gasteiger partial charge in [0.2, 0.25) is 0 Å². The lowest BCUT2D eigenvalue weighted by molar-refractivity contribution is -0.224. The van der Waals surface area contributed by atoms with Gasteiger partial charge in [-0.3, -0.25) is 4.79 Å². The number of aliphatic hydroxyl groups excluding tert-OH is 5. The molecule has 13 atom stereocenters. The average Bonchev–Trinajstić information content (AvgIpc) is 2.93. The van der Waals surface area contributed by atoms with E-state index < -0.39 is 48.0 Å². The Hall–Kier alpha value is -1.81. The highest BCUT2D eigenvalue weighted by Gasteiger charge is 2.48. The van der Waals surface area contributed by atoms with Crippen LogP contribution in [0.15, 0.2) is 48.1 Å². The predicted octanol–water partition coefficient (Wildman–Crippen LogP) is 5.04. The highest BCUT2D eigenvalue weighted by atomic mass is 16.5. The molecule has 1 aliphatic heterocycles. The van der Waals surface area contributed by atoms with Crippen LogP contribution in [0.3, 0.4) is 0 Å². The molecule has 0 aromatic rings. The molecule has 0 amide bonds. The summed E-state index contributed by atoms with van der Waals surface area (Å²) in [6.45, 7) is 19.1. The molecule has 1 aliphatic rings. The molecular weight excluding hydrogens is 548 g/mol. The van der Waals surface area contributed by atoms with Gasteiger partial charge in [0.15, 0.2) is 0 Å². The molecule has 1 heterocycles. The SMILES string of the molecule is CCC(C)C[C@]1(C)C[C@H](C)[C@@H](O)[C@](C)(/C=C(\C)C(O)C(C)/C=C/C(O)C(C)/C=C/C(O)C(C)/C=C/C(O)C(C)C(=O)O)O1. The highest BCUT2D eigenvalue weighted by molar-refractivity contribution is 5.70. The highest BCUT2D eigenvalue weighted by Crippen LogP contribution is 2.43. The Bertz CT molecular complexity index is 984. The van der Waals surface area contributed by atoms with Gasteiger partial charge in [-0.15, -0.1) is 0 Å². The van der Waals surface area contributed by atoms with Crippen LogP contribution in [0.5, 0.6) is 0 Å². The average molecular weight is 609 g/mol. The van der Waals surface area contributed by atoms with Crippen molar-refractivity contribution in [3.63, 3.8) is 0 Å². The van der Waals surface area contributed by atoms with Crippen LogP contribution in [-0.4, -0.2) is 78.3 Å². The van der Waals surface area contributed by atoms with Crippen molar-refractivity contribution in [2.75, 3.05) is 0 Å². The summed E-state index contributed by atoms with van der Waals surface area (Å²) < 4.78 is 6.59. The zero-order valence-electron chi connectivity index (χ0n) is 28.0. The normalized spacial score (nSPS) is 31.9. The minimum atomic E-state index is -1.15. The van der Waals surface area contributed by atoms with Crippen molar-refractivity contribution in [3.8, 4) is 0 Å². The molecule has 0 aromatic heterocycles. The van der Waals surface area contributed by atoms with Crippen molar-refractivity contribution >= 4 is 5.97 Å². The third-order valence-electron chi connectivity index (χ3n) is 9.12. The van der Waals surface area contributed by atoms with Crippen molar-refractivity contribution in [3.05, 3.63) is 48.1 Å². The fraction of sp³-hybridized carbons (Fsp3) is 0.743. The molecule has 248 valence electrons. The lowest BCUT2D eigenvalue weighted by atomic mass is 9.74. The van der Waals surface area contributed by atoms with Crippen LogP contribution in [0.2, 0.25) is 0 Å². The van der Waals surface area contributed by atoms with Gasteiger partial charge in [-0.1, -0.05) is 84.4 Å². The molecule has 0 aliphatic carbocycles.